The highest BCUT2D eigenvalue weighted by molar-refractivity contribution is 5.63. The molecule has 0 spiro atoms. The van der Waals surface area contributed by atoms with E-state index in [4.69, 9.17) is 0 Å². The molecular formula is C19H19F2N3O. The van der Waals surface area contributed by atoms with Crippen molar-refractivity contribution in [2.24, 2.45) is 0 Å². The zero-order valence-corrected chi connectivity index (χ0v) is 14.5. The maximum absolute atomic E-state index is 13.9. The van der Waals surface area contributed by atoms with Crippen LogP contribution in [-0.2, 0) is 5.92 Å². The molecule has 4 nitrogen and oxygen atoms in total. The Labute approximate surface area is 144 Å². The molecule has 25 heavy (non-hydrogen) atoms. The number of halogens is 2. The van der Waals surface area contributed by atoms with Crippen molar-refractivity contribution in [1.29, 1.82) is 0 Å². The van der Waals surface area contributed by atoms with Crippen molar-refractivity contribution in [3.05, 3.63) is 63.7 Å². The molecule has 0 aliphatic carbocycles. The normalized spacial score (nSPS) is 12.1. The third kappa shape index (κ3) is 3.04. The number of alkyl halides is 2. The number of nitrogens with zero attached hydrogens (tertiary/aromatic N) is 3. The highest BCUT2D eigenvalue weighted by Crippen LogP contribution is 2.31. The Morgan fingerprint density at radius 1 is 1.24 bits per heavy atom. The Balaban J connectivity index is 2.42. The van der Waals surface area contributed by atoms with E-state index in [1.807, 2.05) is 19.9 Å². The summed E-state index contributed by atoms with van der Waals surface area (Å²) in [7, 11) is 0. The van der Waals surface area contributed by atoms with Gasteiger partial charge in [0.15, 0.2) is 0 Å². The summed E-state index contributed by atoms with van der Waals surface area (Å²) >= 11 is 0. The van der Waals surface area contributed by atoms with Crippen LogP contribution in [0, 0.1) is 6.92 Å². The van der Waals surface area contributed by atoms with Crippen LogP contribution in [0.25, 0.3) is 17.0 Å². The molecule has 3 aromatic heterocycles. The summed E-state index contributed by atoms with van der Waals surface area (Å²) in [6, 6.07) is 6.80. The van der Waals surface area contributed by atoms with E-state index in [0.717, 1.165) is 6.92 Å². The van der Waals surface area contributed by atoms with Gasteiger partial charge in [-0.05, 0) is 36.6 Å². The molecule has 0 unspecified atom stereocenters. The minimum absolute atomic E-state index is 0.0662. The number of hydrogen-bond donors (Lipinski definition) is 0. The second-order valence-electron chi connectivity index (χ2n) is 6.53. The largest absolute Gasteiger partial charge is 0.271 e. The van der Waals surface area contributed by atoms with E-state index in [9.17, 15) is 13.6 Å². The summed E-state index contributed by atoms with van der Waals surface area (Å²) in [4.78, 5) is 21.7. The fourth-order valence-electron chi connectivity index (χ4n) is 2.77. The van der Waals surface area contributed by atoms with Crippen LogP contribution in [-0.4, -0.2) is 14.4 Å². The van der Waals surface area contributed by atoms with Crippen LogP contribution in [0.2, 0.25) is 0 Å². The molecule has 130 valence electrons. The lowest BCUT2D eigenvalue weighted by atomic mass is 10.00. The predicted molar refractivity (Wildman–Crippen MR) is 93.1 cm³/mol. The van der Waals surface area contributed by atoms with Crippen LogP contribution in [0.4, 0.5) is 8.78 Å². The average molecular weight is 343 g/mol. The fourth-order valence-corrected chi connectivity index (χ4v) is 2.77. The first-order valence-corrected chi connectivity index (χ1v) is 8.06. The number of aromatic nitrogens is 3. The van der Waals surface area contributed by atoms with Gasteiger partial charge < -0.3 is 0 Å². The fraction of sp³-hybridized carbons (Fsp3) is 0.316. The molecule has 3 rings (SSSR count). The van der Waals surface area contributed by atoms with Gasteiger partial charge >= 0.3 is 0 Å². The number of fused-ring (bicyclic) bond motifs is 1. The van der Waals surface area contributed by atoms with Crippen LogP contribution in [0.3, 0.4) is 0 Å². The zero-order valence-electron chi connectivity index (χ0n) is 14.5. The molecule has 0 atom stereocenters. The maximum atomic E-state index is 13.9. The number of hydrogen-bond acceptors (Lipinski definition) is 3. The lowest BCUT2D eigenvalue weighted by Gasteiger charge is -2.18. The summed E-state index contributed by atoms with van der Waals surface area (Å²) in [5.41, 5.74) is 1.87. The van der Waals surface area contributed by atoms with Crippen LogP contribution in [0.15, 0.2) is 41.5 Å². The Morgan fingerprint density at radius 3 is 2.52 bits per heavy atom. The van der Waals surface area contributed by atoms with Gasteiger partial charge in [-0.15, -0.1) is 0 Å². The van der Waals surface area contributed by atoms with Gasteiger partial charge in [0.2, 0.25) is 0 Å². The minimum Gasteiger partial charge on any atom is -0.269 e. The minimum atomic E-state index is -3.04. The van der Waals surface area contributed by atoms with Gasteiger partial charge in [-0.1, -0.05) is 19.9 Å². The summed E-state index contributed by atoms with van der Waals surface area (Å²) < 4.78 is 28.9. The molecule has 0 aliphatic heterocycles. The molecular weight excluding hydrogens is 324 g/mol. The van der Waals surface area contributed by atoms with Gasteiger partial charge in [0.1, 0.15) is 5.65 Å². The quantitative estimate of drug-likeness (QED) is 0.712. The lowest BCUT2D eigenvalue weighted by Crippen LogP contribution is -2.22. The van der Waals surface area contributed by atoms with Crippen LogP contribution in [0.5, 0.6) is 0 Å². The maximum Gasteiger partial charge on any atom is 0.271 e. The second kappa shape index (κ2) is 6.02. The smallest absolute Gasteiger partial charge is 0.269 e. The molecule has 0 aromatic carbocycles. The zero-order chi connectivity index (χ0) is 18.4. The standard InChI is InChI=1S/C19H19F2N3O/c1-11(2)14-9-13(19(4,20)21)10-24-17(14)23-16(12(3)18(24)25)15-7-5-6-8-22-15/h5-11H,1-4H3. The van der Waals surface area contributed by atoms with Crippen molar-refractivity contribution in [1.82, 2.24) is 14.4 Å². The van der Waals surface area contributed by atoms with E-state index in [2.05, 4.69) is 9.97 Å². The molecule has 0 N–H and O–H groups in total. The number of rotatable bonds is 3. The summed E-state index contributed by atoms with van der Waals surface area (Å²) in [5.74, 6) is -3.10. The Hall–Kier alpha value is -2.63. The van der Waals surface area contributed by atoms with Crippen molar-refractivity contribution in [2.75, 3.05) is 0 Å². The van der Waals surface area contributed by atoms with Gasteiger partial charge in [0, 0.05) is 30.4 Å². The lowest BCUT2D eigenvalue weighted by molar-refractivity contribution is 0.0169. The monoisotopic (exact) mass is 343 g/mol. The molecule has 3 heterocycles. The van der Waals surface area contributed by atoms with Crippen molar-refractivity contribution in [3.8, 4) is 11.4 Å². The third-order valence-corrected chi connectivity index (χ3v) is 4.21. The predicted octanol–water partition coefficient (Wildman–Crippen LogP) is 4.30. The molecule has 0 saturated carbocycles. The van der Waals surface area contributed by atoms with Crippen LogP contribution in [0.1, 0.15) is 43.4 Å². The van der Waals surface area contributed by atoms with E-state index in [0.29, 0.717) is 28.2 Å². The van der Waals surface area contributed by atoms with Gasteiger partial charge in [0.05, 0.1) is 11.4 Å². The first kappa shape index (κ1) is 17.2. The average Bonchev–Trinajstić information content (AvgIpc) is 2.57. The van der Waals surface area contributed by atoms with Gasteiger partial charge in [-0.3, -0.25) is 14.2 Å². The molecule has 0 aliphatic rings. The van der Waals surface area contributed by atoms with Crippen molar-refractivity contribution >= 4 is 5.65 Å². The Kier molecular flexibility index (Phi) is 4.14. The van der Waals surface area contributed by atoms with Gasteiger partial charge in [-0.2, -0.15) is 0 Å². The second-order valence-corrected chi connectivity index (χ2v) is 6.53. The highest BCUT2D eigenvalue weighted by Gasteiger charge is 2.27. The van der Waals surface area contributed by atoms with E-state index >= 15 is 0 Å². The molecule has 0 radical (unpaired) electrons. The third-order valence-electron chi connectivity index (χ3n) is 4.21. The van der Waals surface area contributed by atoms with E-state index in [1.165, 1.54) is 16.7 Å². The SMILES string of the molecule is Cc1c(-c2ccccn2)nc2c(C(C)C)cc(C(C)(F)F)cn2c1=O. The van der Waals surface area contributed by atoms with Gasteiger partial charge in [0.25, 0.3) is 11.5 Å². The Bertz CT molecular complexity index is 989. The van der Waals surface area contributed by atoms with E-state index in [1.54, 1.807) is 25.3 Å². The Morgan fingerprint density at radius 2 is 1.96 bits per heavy atom. The molecule has 0 amide bonds. The van der Waals surface area contributed by atoms with Crippen molar-refractivity contribution in [3.63, 3.8) is 0 Å². The van der Waals surface area contributed by atoms with Gasteiger partial charge in [-0.25, -0.2) is 13.8 Å². The van der Waals surface area contributed by atoms with E-state index in [-0.39, 0.29) is 17.0 Å². The van der Waals surface area contributed by atoms with E-state index < -0.39 is 5.92 Å². The highest BCUT2D eigenvalue weighted by atomic mass is 19.3. The summed E-state index contributed by atoms with van der Waals surface area (Å²) in [6.07, 6.45) is 2.81. The topological polar surface area (TPSA) is 47.3 Å². The first-order chi connectivity index (χ1) is 11.7. The number of pyridine rings is 2. The first-order valence-electron chi connectivity index (χ1n) is 8.06. The van der Waals surface area contributed by atoms with Crippen molar-refractivity contribution < 1.29 is 8.78 Å². The molecule has 0 bridgehead atoms. The molecule has 3 aromatic rings. The summed E-state index contributed by atoms with van der Waals surface area (Å²) in [6.45, 7) is 6.24. The summed E-state index contributed by atoms with van der Waals surface area (Å²) in [5, 5.41) is 0. The van der Waals surface area contributed by atoms with Crippen LogP contribution < -0.4 is 5.56 Å². The molecule has 0 fully saturated rings. The van der Waals surface area contributed by atoms with Crippen molar-refractivity contribution in [2.45, 2.75) is 39.5 Å². The molecule has 6 heteroatoms. The van der Waals surface area contributed by atoms with Crippen LogP contribution >= 0.6 is 0 Å². The molecule has 0 saturated heterocycles.